The van der Waals surface area contributed by atoms with Crippen molar-refractivity contribution in [3.05, 3.63) is 22.8 Å². The van der Waals surface area contributed by atoms with Crippen LogP contribution in [0.5, 0.6) is 0 Å². The van der Waals surface area contributed by atoms with Crippen molar-refractivity contribution >= 4 is 17.9 Å². The molecule has 0 spiro atoms. The summed E-state index contributed by atoms with van der Waals surface area (Å²) in [7, 11) is 0. The number of hydrogen-bond acceptors (Lipinski definition) is 3. The monoisotopic (exact) mass is 452 g/mol. The van der Waals surface area contributed by atoms with Gasteiger partial charge in [0.1, 0.15) is 12.1 Å². The first-order valence-electron chi connectivity index (χ1n) is 13.3. The first-order chi connectivity index (χ1) is 15.3. The second kappa shape index (κ2) is 8.02. The van der Waals surface area contributed by atoms with Crippen LogP contribution in [0.4, 0.5) is 0 Å². The molecule has 4 aliphatic rings. The minimum absolute atomic E-state index is 0.00501. The maximum absolute atomic E-state index is 14.0. The average molecular weight is 453 g/mol. The van der Waals surface area contributed by atoms with Gasteiger partial charge < -0.3 is 0 Å². The molecule has 2 fully saturated rings. The van der Waals surface area contributed by atoms with Gasteiger partial charge in [-0.15, -0.1) is 0 Å². The maximum Gasteiger partial charge on any atom is 0.159 e. The Labute approximate surface area is 200 Å². The molecule has 0 aromatic carbocycles. The lowest BCUT2D eigenvalue weighted by molar-refractivity contribution is -0.142. The molecule has 6 atom stereocenters. The number of hydrogen-bond donors (Lipinski definition) is 0. The van der Waals surface area contributed by atoms with Crippen molar-refractivity contribution < 1.29 is 14.4 Å². The van der Waals surface area contributed by atoms with Crippen molar-refractivity contribution in [3.8, 4) is 0 Å². The van der Waals surface area contributed by atoms with Gasteiger partial charge in [0, 0.05) is 29.2 Å². The van der Waals surface area contributed by atoms with Gasteiger partial charge in [-0.2, -0.15) is 0 Å². The molecule has 0 aliphatic heterocycles. The summed E-state index contributed by atoms with van der Waals surface area (Å²) in [5.41, 5.74) is 2.97. The number of aldehydes is 1. The largest absolute Gasteiger partial charge is 0.299 e. The van der Waals surface area contributed by atoms with Crippen LogP contribution in [0, 0.1) is 39.4 Å². The predicted molar refractivity (Wildman–Crippen MR) is 133 cm³/mol. The van der Waals surface area contributed by atoms with Gasteiger partial charge in [-0.3, -0.25) is 14.4 Å². The molecule has 4 rings (SSSR count). The summed E-state index contributed by atoms with van der Waals surface area (Å²) in [6.07, 6.45) is 11.4. The van der Waals surface area contributed by atoms with Crippen molar-refractivity contribution in [2.45, 2.75) is 106 Å². The van der Waals surface area contributed by atoms with Gasteiger partial charge in [0.05, 0.1) is 0 Å². The molecule has 0 aromatic heterocycles. The summed E-state index contributed by atoms with van der Waals surface area (Å²) in [5, 5.41) is 0. The molecule has 3 nitrogen and oxygen atoms in total. The molecule has 3 heteroatoms. The van der Waals surface area contributed by atoms with Crippen LogP contribution in [0.2, 0.25) is 0 Å². The SMILES string of the molecule is C/C(C=O)=C\CC[C@@H](C)[C@H]1CC[C@@]2(C)C3=C(C(=O)C[C@]12C)[C@@]1(C)CCC(=O)C(C)(C)C1CC3. The van der Waals surface area contributed by atoms with Crippen LogP contribution < -0.4 is 0 Å². The van der Waals surface area contributed by atoms with Crippen LogP contribution in [-0.2, 0) is 14.4 Å². The van der Waals surface area contributed by atoms with E-state index in [4.69, 9.17) is 0 Å². The van der Waals surface area contributed by atoms with Gasteiger partial charge in [-0.1, -0.05) is 53.2 Å². The Hall–Kier alpha value is -1.51. The van der Waals surface area contributed by atoms with E-state index < -0.39 is 0 Å². The second-order valence-electron chi connectivity index (χ2n) is 13.1. The molecular weight excluding hydrogens is 408 g/mol. The zero-order valence-corrected chi connectivity index (χ0v) is 22.0. The van der Waals surface area contributed by atoms with E-state index in [1.54, 1.807) is 0 Å². The number of Topliss-reactive ketones (excluding diaryl/α,β-unsaturated/α-hetero) is 2. The van der Waals surface area contributed by atoms with Crippen molar-refractivity contribution in [2.24, 2.45) is 39.4 Å². The summed E-state index contributed by atoms with van der Waals surface area (Å²) < 4.78 is 0. The van der Waals surface area contributed by atoms with E-state index in [9.17, 15) is 14.4 Å². The molecule has 1 unspecified atom stereocenters. The van der Waals surface area contributed by atoms with E-state index in [2.05, 4.69) is 47.6 Å². The van der Waals surface area contributed by atoms with Crippen LogP contribution in [0.25, 0.3) is 0 Å². The number of rotatable bonds is 5. The molecule has 182 valence electrons. The maximum atomic E-state index is 14.0. The van der Waals surface area contributed by atoms with E-state index in [0.29, 0.717) is 36.2 Å². The summed E-state index contributed by atoms with van der Waals surface area (Å²) >= 11 is 0. The smallest absolute Gasteiger partial charge is 0.159 e. The summed E-state index contributed by atoms with van der Waals surface area (Å²) in [5.74, 6) is 2.08. The number of carbonyl (C=O) groups is 3. The minimum Gasteiger partial charge on any atom is -0.299 e. The normalized spacial score (nSPS) is 41.4. The standard InChI is InChI=1S/C30H44O3/c1-19(18-31)9-8-10-20(2)21-13-16-29(6)22-11-12-24-27(3,4)25(33)14-15-28(24,5)26(22)23(32)17-30(21,29)7/h9,18,20-21,24H,8,10-17H2,1-7H3/b19-9+/t20-,21-,24?,28+,29+,30-/m1/s1. The quantitative estimate of drug-likeness (QED) is 0.332. The highest BCUT2D eigenvalue weighted by Crippen LogP contribution is 2.71. The number of carbonyl (C=O) groups excluding carboxylic acids is 3. The van der Waals surface area contributed by atoms with Crippen molar-refractivity contribution in [1.29, 1.82) is 0 Å². The lowest BCUT2D eigenvalue weighted by Gasteiger charge is -2.60. The molecule has 0 radical (unpaired) electrons. The van der Waals surface area contributed by atoms with Gasteiger partial charge in [0.2, 0.25) is 0 Å². The molecule has 0 aromatic rings. The van der Waals surface area contributed by atoms with E-state index in [0.717, 1.165) is 56.0 Å². The Balaban J connectivity index is 1.69. The molecule has 0 saturated heterocycles. The second-order valence-corrected chi connectivity index (χ2v) is 13.1. The summed E-state index contributed by atoms with van der Waals surface area (Å²) in [4.78, 5) is 37.7. The predicted octanol–water partition coefficient (Wildman–Crippen LogP) is 7.05. The van der Waals surface area contributed by atoms with Crippen LogP contribution in [0.15, 0.2) is 22.8 Å². The third-order valence-electron chi connectivity index (χ3n) is 11.3. The Bertz CT molecular complexity index is 936. The Morgan fingerprint density at radius 3 is 2.42 bits per heavy atom. The van der Waals surface area contributed by atoms with Gasteiger partial charge in [-0.05, 0) is 86.0 Å². The molecule has 0 N–H and O–H groups in total. The Kier molecular flexibility index (Phi) is 5.98. The molecule has 4 aliphatic carbocycles. The molecule has 33 heavy (non-hydrogen) atoms. The Morgan fingerprint density at radius 1 is 1.06 bits per heavy atom. The molecule has 2 saturated carbocycles. The van der Waals surface area contributed by atoms with E-state index in [1.165, 1.54) is 12.0 Å². The fourth-order valence-electron chi connectivity index (χ4n) is 9.07. The lowest BCUT2D eigenvalue weighted by Crippen LogP contribution is -2.56. The minimum atomic E-state index is -0.340. The zero-order chi connectivity index (χ0) is 24.4. The van der Waals surface area contributed by atoms with Crippen LogP contribution in [0.1, 0.15) is 106 Å². The van der Waals surface area contributed by atoms with E-state index >= 15 is 0 Å². The number of allylic oxidation sites excluding steroid dienone is 4. The van der Waals surface area contributed by atoms with Crippen molar-refractivity contribution in [1.82, 2.24) is 0 Å². The first kappa shape index (κ1) is 24.6. The van der Waals surface area contributed by atoms with Gasteiger partial charge in [-0.25, -0.2) is 0 Å². The van der Waals surface area contributed by atoms with Gasteiger partial charge in [0.25, 0.3) is 0 Å². The van der Waals surface area contributed by atoms with Gasteiger partial charge >= 0.3 is 0 Å². The fourth-order valence-corrected chi connectivity index (χ4v) is 9.07. The van der Waals surface area contributed by atoms with Gasteiger partial charge in [0.15, 0.2) is 5.78 Å². The first-order valence-corrected chi connectivity index (χ1v) is 13.3. The number of fused-ring (bicyclic) bond motifs is 4. The highest BCUT2D eigenvalue weighted by Gasteiger charge is 2.65. The van der Waals surface area contributed by atoms with Crippen LogP contribution >= 0.6 is 0 Å². The summed E-state index contributed by atoms with van der Waals surface area (Å²) in [6, 6.07) is 0. The van der Waals surface area contributed by atoms with Crippen molar-refractivity contribution in [3.63, 3.8) is 0 Å². The molecule has 0 bridgehead atoms. The lowest BCUT2D eigenvalue weighted by atomic mass is 9.43. The molecular formula is C30H44O3. The van der Waals surface area contributed by atoms with E-state index in [1.807, 2.05) is 6.92 Å². The highest BCUT2D eigenvalue weighted by molar-refractivity contribution is 6.00. The number of ketones is 2. The van der Waals surface area contributed by atoms with Crippen LogP contribution in [0.3, 0.4) is 0 Å². The van der Waals surface area contributed by atoms with Crippen molar-refractivity contribution in [2.75, 3.05) is 0 Å². The Morgan fingerprint density at radius 2 is 1.76 bits per heavy atom. The zero-order valence-electron chi connectivity index (χ0n) is 22.0. The fraction of sp³-hybridized carbons (Fsp3) is 0.767. The highest BCUT2D eigenvalue weighted by atomic mass is 16.1. The third-order valence-corrected chi connectivity index (χ3v) is 11.3. The topological polar surface area (TPSA) is 51.2 Å². The molecule has 0 amide bonds. The summed E-state index contributed by atoms with van der Waals surface area (Å²) in [6.45, 7) is 15.6. The third kappa shape index (κ3) is 3.39. The average Bonchev–Trinajstić information content (AvgIpc) is 3.02. The van der Waals surface area contributed by atoms with Crippen LogP contribution in [-0.4, -0.2) is 17.9 Å². The molecule has 0 heterocycles. The van der Waals surface area contributed by atoms with E-state index in [-0.39, 0.29) is 27.6 Å².